The lowest BCUT2D eigenvalue weighted by atomic mass is 10.2. The van der Waals surface area contributed by atoms with E-state index >= 15 is 0 Å². The molecule has 1 aromatic rings. The molecule has 1 aromatic heterocycles. The van der Waals surface area contributed by atoms with Gasteiger partial charge in [-0.15, -0.1) is 0 Å². The van der Waals surface area contributed by atoms with Gasteiger partial charge in [0.05, 0.1) is 13.7 Å². The van der Waals surface area contributed by atoms with Crippen LogP contribution < -0.4 is 4.74 Å². The fourth-order valence-electron chi connectivity index (χ4n) is 1.37. The van der Waals surface area contributed by atoms with E-state index in [4.69, 9.17) is 4.74 Å². The van der Waals surface area contributed by atoms with Crippen LogP contribution in [0.3, 0.4) is 0 Å². The van der Waals surface area contributed by atoms with E-state index in [1.807, 2.05) is 0 Å². The van der Waals surface area contributed by atoms with E-state index in [0.29, 0.717) is 25.9 Å². The van der Waals surface area contributed by atoms with E-state index in [-0.39, 0.29) is 11.7 Å². The van der Waals surface area contributed by atoms with Gasteiger partial charge in [-0.25, -0.2) is 0 Å². The van der Waals surface area contributed by atoms with Crippen molar-refractivity contribution in [2.75, 3.05) is 13.7 Å². The van der Waals surface area contributed by atoms with E-state index in [0.717, 1.165) is 18.6 Å². The molecular formula is C12H15F2NO3. The number of ether oxygens (including phenoxy) is 2. The van der Waals surface area contributed by atoms with Crippen molar-refractivity contribution in [1.29, 1.82) is 0 Å². The zero-order chi connectivity index (χ0) is 13.4. The summed E-state index contributed by atoms with van der Waals surface area (Å²) in [4.78, 5) is 13.8. The lowest BCUT2D eigenvalue weighted by Gasteiger charge is -2.05. The summed E-state index contributed by atoms with van der Waals surface area (Å²) in [6.07, 6.45) is 2.55. The Bertz CT molecular complexity index is 379. The molecule has 0 atom stereocenters. The second-order valence-corrected chi connectivity index (χ2v) is 3.68. The Morgan fingerprint density at radius 1 is 1.22 bits per heavy atom. The van der Waals surface area contributed by atoms with Crippen molar-refractivity contribution >= 4 is 5.97 Å². The van der Waals surface area contributed by atoms with Crippen LogP contribution in [0.1, 0.15) is 25.7 Å². The van der Waals surface area contributed by atoms with Crippen LogP contribution in [0.5, 0.6) is 5.75 Å². The van der Waals surface area contributed by atoms with Crippen molar-refractivity contribution < 1.29 is 23.0 Å². The maximum absolute atomic E-state index is 12.7. The van der Waals surface area contributed by atoms with Crippen LogP contribution in [0.15, 0.2) is 12.1 Å². The van der Waals surface area contributed by atoms with Crippen LogP contribution in [0.2, 0.25) is 0 Å². The van der Waals surface area contributed by atoms with Gasteiger partial charge >= 0.3 is 5.97 Å². The number of carbonyl (C=O) groups is 1. The van der Waals surface area contributed by atoms with Gasteiger partial charge in [-0.05, 0) is 19.3 Å². The molecule has 0 radical (unpaired) electrons. The standard InChI is InChI=1S/C12H15F2NO3/c1-17-12(16)5-3-2-4-6-18-9-7-10(13)15-11(14)8-9/h7-8H,2-6H2,1H3. The molecular weight excluding hydrogens is 244 g/mol. The zero-order valence-corrected chi connectivity index (χ0v) is 10.1. The smallest absolute Gasteiger partial charge is 0.305 e. The topological polar surface area (TPSA) is 48.4 Å². The molecule has 0 aliphatic heterocycles. The minimum absolute atomic E-state index is 0.118. The zero-order valence-electron chi connectivity index (χ0n) is 10.1. The Labute approximate surface area is 104 Å². The number of hydrogen-bond acceptors (Lipinski definition) is 4. The van der Waals surface area contributed by atoms with Gasteiger partial charge in [-0.2, -0.15) is 13.8 Å². The molecule has 18 heavy (non-hydrogen) atoms. The SMILES string of the molecule is COC(=O)CCCCCOc1cc(F)nc(F)c1. The first-order valence-corrected chi connectivity index (χ1v) is 5.64. The summed E-state index contributed by atoms with van der Waals surface area (Å²) in [6, 6.07) is 2.05. The van der Waals surface area contributed by atoms with Crippen molar-refractivity contribution in [2.45, 2.75) is 25.7 Å². The summed E-state index contributed by atoms with van der Waals surface area (Å²) in [5, 5.41) is 0. The van der Waals surface area contributed by atoms with Gasteiger partial charge in [0, 0.05) is 18.6 Å². The van der Waals surface area contributed by atoms with Gasteiger partial charge in [0.2, 0.25) is 11.9 Å². The van der Waals surface area contributed by atoms with Gasteiger partial charge in [0.1, 0.15) is 5.75 Å². The lowest BCUT2D eigenvalue weighted by Crippen LogP contribution is -2.02. The number of halogens is 2. The first-order chi connectivity index (χ1) is 8.61. The molecule has 0 saturated heterocycles. The summed E-state index contributed by atoms with van der Waals surface area (Å²) in [5.74, 6) is -1.94. The Morgan fingerprint density at radius 2 is 1.89 bits per heavy atom. The number of esters is 1. The Morgan fingerprint density at radius 3 is 2.50 bits per heavy atom. The van der Waals surface area contributed by atoms with E-state index in [9.17, 15) is 13.6 Å². The average molecular weight is 259 g/mol. The number of pyridine rings is 1. The first-order valence-electron chi connectivity index (χ1n) is 5.64. The summed E-state index contributed by atoms with van der Waals surface area (Å²) in [7, 11) is 1.35. The highest BCUT2D eigenvalue weighted by Crippen LogP contribution is 2.13. The summed E-state index contributed by atoms with van der Waals surface area (Å²) in [5.41, 5.74) is 0. The second kappa shape index (κ2) is 7.58. The van der Waals surface area contributed by atoms with Crippen molar-refractivity contribution in [3.8, 4) is 5.75 Å². The van der Waals surface area contributed by atoms with Crippen LogP contribution in [0, 0.1) is 11.9 Å². The fourth-order valence-corrected chi connectivity index (χ4v) is 1.37. The van der Waals surface area contributed by atoms with Gasteiger partial charge in [-0.1, -0.05) is 0 Å². The Balaban J connectivity index is 2.16. The molecule has 0 N–H and O–H groups in total. The first kappa shape index (κ1) is 14.3. The van der Waals surface area contributed by atoms with Crippen molar-refractivity contribution in [3.63, 3.8) is 0 Å². The highest BCUT2D eigenvalue weighted by Gasteiger charge is 2.03. The maximum atomic E-state index is 12.7. The highest BCUT2D eigenvalue weighted by molar-refractivity contribution is 5.68. The van der Waals surface area contributed by atoms with Crippen LogP contribution >= 0.6 is 0 Å². The highest BCUT2D eigenvalue weighted by atomic mass is 19.1. The number of methoxy groups -OCH3 is 1. The van der Waals surface area contributed by atoms with Crippen molar-refractivity contribution in [3.05, 3.63) is 24.0 Å². The molecule has 4 nitrogen and oxygen atoms in total. The quantitative estimate of drug-likeness (QED) is 0.429. The monoisotopic (exact) mass is 259 g/mol. The Kier molecular flexibility index (Phi) is 6.04. The van der Waals surface area contributed by atoms with E-state index in [2.05, 4.69) is 9.72 Å². The third-order valence-electron chi connectivity index (χ3n) is 2.26. The number of carbonyl (C=O) groups excluding carboxylic acids is 1. The van der Waals surface area contributed by atoms with E-state index < -0.39 is 11.9 Å². The molecule has 1 heterocycles. The van der Waals surface area contributed by atoms with Crippen LogP contribution in [0.25, 0.3) is 0 Å². The van der Waals surface area contributed by atoms with Gasteiger partial charge in [0.15, 0.2) is 0 Å². The largest absolute Gasteiger partial charge is 0.493 e. The van der Waals surface area contributed by atoms with Crippen LogP contribution in [-0.4, -0.2) is 24.7 Å². The predicted octanol–water partition coefficient (Wildman–Crippen LogP) is 2.47. The van der Waals surface area contributed by atoms with Crippen molar-refractivity contribution in [2.24, 2.45) is 0 Å². The summed E-state index contributed by atoms with van der Waals surface area (Å²) >= 11 is 0. The number of aromatic nitrogens is 1. The fraction of sp³-hybridized carbons (Fsp3) is 0.500. The molecule has 0 aliphatic carbocycles. The number of hydrogen-bond donors (Lipinski definition) is 0. The molecule has 0 bridgehead atoms. The number of rotatable bonds is 7. The van der Waals surface area contributed by atoms with Crippen molar-refractivity contribution in [1.82, 2.24) is 4.98 Å². The Hall–Kier alpha value is -1.72. The molecule has 100 valence electrons. The van der Waals surface area contributed by atoms with Gasteiger partial charge in [0.25, 0.3) is 0 Å². The molecule has 0 aliphatic rings. The maximum Gasteiger partial charge on any atom is 0.305 e. The molecule has 0 saturated carbocycles. The molecule has 6 heteroatoms. The third kappa shape index (κ3) is 5.56. The molecule has 0 fully saturated rings. The van der Waals surface area contributed by atoms with E-state index in [1.165, 1.54) is 7.11 Å². The molecule has 1 rings (SSSR count). The average Bonchev–Trinajstić information content (AvgIpc) is 2.32. The summed E-state index contributed by atoms with van der Waals surface area (Å²) in [6.45, 7) is 0.337. The molecule has 0 amide bonds. The molecule has 0 aromatic carbocycles. The number of unbranched alkanes of at least 4 members (excludes halogenated alkanes) is 2. The van der Waals surface area contributed by atoms with Crippen LogP contribution in [-0.2, 0) is 9.53 Å². The normalized spacial score (nSPS) is 10.2. The predicted molar refractivity (Wildman–Crippen MR) is 60.1 cm³/mol. The minimum Gasteiger partial charge on any atom is -0.493 e. The lowest BCUT2D eigenvalue weighted by molar-refractivity contribution is -0.140. The third-order valence-corrected chi connectivity index (χ3v) is 2.26. The number of nitrogens with zero attached hydrogens (tertiary/aromatic N) is 1. The van der Waals surface area contributed by atoms with E-state index in [1.54, 1.807) is 0 Å². The molecule has 0 spiro atoms. The molecule has 0 unspecified atom stereocenters. The second-order valence-electron chi connectivity index (χ2n) is 3.68. The van der Waals surface area contributed by atoms with Gasteiger partial charge in [-0.3, -0.25) is 4.79 Å². The van der Waals surface area contributed by atoms with Gasteiger partial charge < -0.3 is 9.47 Å². The van der Waals surface area contributed by atoms with Crippen LogP contribution in [0.4, 0.5) is 8.78 Å². The minimum atomic E-state index is -0.907. The summed E-state index contributed by atoms with van der Waals surface area (Å²) < 4.78 is 35.1.